The molecule has 22 heavy (non-hydrogen) atoms. The Morgan fingerprint density at radius 3 is 1.41 bits per heavy atom. The van der Waals surface area contributed by atoms with Crippen molar-refractivity contribution in [2.24, 2.45) is 0 Å². The fourth-order valence-corrected chi connectivity index (χ4v) is 2.94. The number of hydrogen-bond acceptors (Lipinski definition) is 6. The summed E-state index contributed by atoms with van der Waals surface area (Å²) in [6.45, 7) is 6.83. The highest BCUT2D eigenvalue weighted by molar-refractivity contribution is 5.77. The largest absolute Gasteiger partial charge is 0.464 e. The Hall–Kier alpha value is -1.14. The molecule has 0 atom stereocenters. The molecule has 0 aromatic heterocycles. The second-order valence-corrected chi connectivity index (χ2v) is 6.04. The lowest BCUT2D eigenvalue weighted by Gasteiger charge is -2.14. The second kappa shape index (κ2) is 9.79. The van der Waals surface area contributed by atoms with Crippen molar-refractivity contribution in [1.82, 2.24) is 9.80 Å². The molecule has 0 bridgehead atoms. The van der Waals surface area contributed by atoms with Gasteiger partial charge in [-0.25, -0.2) is 0 Å². The second-order valence-electron chi connectivity index (χ2n) is 6.04. The van der Waals surface area contributed by atoms with Crippen molar-refractivity contribution >= 4 is 11.9 Å². The molecule has 2 heterocycles. The van der Waals surface area contributed by atoms with Gasteiger partial charge in [0.1, 0.15) is 13.2 Å². The van der Waals surface area contributed by atoms with Crippen LogP contribution in [0.2, 0.25) is 0 Å². The van der Waals surface area contributed by atoms with E-state index in [1.54, 1.807) is 0 Å². The molecule has 0 spiro atoms. The minimum absolute atomic E-state index is 0.114. The molecule has 2 aliphatic rings. The fourth-order valence-electron chi connectivity index (χ4n) is 2.94. The SMILES string of the molecule is O=C(CCC(=O)OCCN1CCCC1)OCCN1CCCC1. The highest BCUT2D eigenvalue weighted by Crippen LogP contribution is 2.07. The molecular formula is C16H28N2O4. The maximum Gasteiger partial charge on any atom is 0.306 e. The van der Waals surface area contributed by atoms with Gasteiger partial charge < -0.3 is 9.47 Å². The van der Waals surface area contributed by atoms with Crippen LogP contribution in [0.1, 0.15) is 38.5 Å². The van der Waals surface area contributed by atoms with Crippen molar-refractivity contribution in [3.63, 3.8) is 0 Å². The Balaban J connectivity index is 1.43. The fraction of sp³-hybridized carbons (Fsp3) is 0.875. The Bertz CT molecular complexity index is 316. The zero-order valence-corrected chi connectivity index (χ0v) is 13.4. The van der Waals surface area contributed by atoms with Gasteiger partial charge in [-0.05, 0) is 51.9 Å². The first kappa shape index (κ1) is 17.2. The van der Waals surface area contributed by atoms with E-state index >= 15 is 0 Å². The molecule has 0 amide bonds. The van der Waals surface area contributed by atoms with E-state index in [4.69, 9.17) is 9.47 Å². The molecule has 6 nitrogen and oxygen atoms in total. The summed E-state index contributed by atoms with van der Waals surface area (Å²) in [5, 5.41) is 0. The van der Waals surface area contributed by atoms with Crippen LogP contribution in [0.15, 0.2) is 0 Å². The van der Waals surface area contributed by atoms with Gasteiger partial charge in [0.2, 0.25) is 0 Å². The first-order valence-corrected chi connectivity index (χ1v) is 8.50. The number of nitrogens with zero attached hydrogens (tertiary/aromatic N) is 2. The lowest BCUT2D eigenvalue weighted by atomic mass is 10.3. The highest BCUT2D eigenvalue weighted by atomic mass is 16.5. The van der Waals surface area contributed by atoms with E-state index < -0.39 is 0 Å². The third kappa shape index (κ3) is 6.75. The van der Waals surface area contributed by atoms with Crippen LogP contribution in [0.4, 0.5) is 0 Å². The molecule has 2 rings (SSSR count). The smallest absolute Gasteiger partial charge is 0.306 e. The third-order valence-electron chi connectivity index (χ3n) is 4.27. The van der Waals surface area contributed by atoms with Crippen molar-refractivity contribution in [3.8, 4) is 0 Å². The van der Waals surface area contributed by atoms with Crippen LogP contribution in [0.3, 0.4) is 0 Å². The van der Waals surface area contributed by atoms with Crippen LogP contribution in [0.25, 0.3) is 0 Å². The molecule has 0 unspecified atom stereocenters. The molecule has 2 saturated heterocycles. The van der Waals surface area contributed by atoms with E-state index in [-0.39, 0.29) is 24.8 Å². The molecule has 0 aliphatic carbocycles. The van der Waals surface area contributed by atoms with Crippen molar-refractivity contribution in [3.05, 3.63) is 0 Å². The molecule has 2 aliphatic heterocycles. The Labute approximate surface area is 132 Å². The minimum Gasteiger partial charge on any atom is -0.464 e. The third-order valence-corrected chi connectivity index (χ3v) is 4.27. The predicted molar refractivity (Wildman–Crippen MR) is 82.5 cm³/mol. The summed E-state index contributed by atoms with van der Waals surface area (Å²) in [6, 6.07) is 0. The van der Waals surface area contributed by atoms with Crippen molar-refractivity contribution in [2.45, 2.75) is 38.5 Å². The lowest BCUT2D eigenvalue weighted by Crippen LogP contribution is -2.26. The van der Waals surface area contributed by atoms with E-state index in [0.717, 1.165) is 39.3 Å². The summed E-state index contributed by atoms with van der Waals surface area (Å²) in [4.78, 5) is 27.7. The summed E-state index contributed by atoms with van der Waals surface area (Å²) in [7, 11) is 0. The molecule has 0 saturated carbocycles. The average molecular weight is 312 g/mol. The van der Waals surface area contributed by atoms with Gasteiger partial charge in [0, 0.05) is 13.1 Å². The number of rotatable bonds is 9. The van der Waals surface area contributed by atoms with Gasteiger partial charge in [-0.15, -0.1) is 0 Å². The van der Waals surface area contributed by atoms with Gasteiger partial charge in [0.05, 0.1) is 12.8 Å². The molecule has 0 N–H and O–H groups in total. The van der Waals surface area contributed by atoms with Crippen LogP contribution < -0.4 is 0 Å². The van der Waals surface area contributed by atoms with Gasteiger partial charge in [-0.1, -0.05) is 0 Å². The first-order chi connectivity index (χ1) is 10.7. The van der Waals surface area contributed by atoms with Crippen molar-refractivity contribution in [1.29, 1.82) is 0 Å². The van der Waals surface area contributed by atoms with E-state index in [9.17, 15) is 9.59 Å². The summed E-state index contributed by atoms with van der Waals surface area (Å²) in [6.07, 6.45) is 5.16. The number of carbonyl (C=O) groups excluding carboxylic acids is 2. The average Bonchev–Trinajstić information content (AvgIpc) is 3.18. The van der Waals surface area contributed by atoms with E-state index in [2.05, 4.69) is 9.80 Å². The van der Waals surface area contributed by atoms with E-state index in [1.807, 2.05) is 0 Å². The highest BCUT2D eigenvalue weighted by Gasteiger charge is 2.14. The summed E-state index contributed by atoms with van der Waals surface area (Å²) >= 11 is 0. The summed E-state index contributed by atoms with van der Waals surface area (Å²) < 4.78 is 10.3. The van der Waals surface area contributed by atoms with Gasteiger partial charge in [0.15, 0.2) is 0 Å². The lowest BCUT2D eigenvalue weighted by molar-refractivity contribution is -0.150. The Kier molecular flexibility index (Phi) is 7.66. The number of likely N-dealkylation sites (tertiary alicyclic amines) is 2. The molecule has 0 aromatic carbocycles. The van der Waals surface area contributed by atoms with Crippen LogP contribution >= 0.6 is 0 Å². The van der Waals surface area contributed by atoms with Crippen molar-refractivity contribution in [2.75, 3.05) is 52.5 Å². The summed E-state index contributed by atoms with van der Waals surface area (Å²) in [5.74, 6) is -0.619. The molecule has 126 valence electrons. The zero-order valence-electron chi connectivity index (χ0n) is 13.4. The van der Waals surface area contributed by atoms with Gasteiger partial charge in [0.25, 0.3) is 0 Å². The van der Waals surface area contributed by atoms with Crippen molar-refractivity contribution < 1.29 is 19.1 Å². The monoisotopic (exact) mass is 312 g/mol. The predicted octanol–water partition coefficient (Wildman–Crippen LogP) is 1.04. The number of hydrogen-bond donors (Lipinski definition) is 0. The van der Waals surface area contributed by atoms with E-state index in [1.165, 1.54) is 25.7 Å². The first-order valence-electron chi connectivity index (χ1n) is 8.50. The normalized spacial score (nSPS) is 19.5. The molecule has 0 radical (unpaired) electrons. The van der Waals surface area contributed by atoms with Crippen LogP contribution in [0.5, 0.6) is 0 Å². The van der Waals surface area contributed by atoms with Gasteiger partial charge >= 0.3 is 11.9 Å². The molecule has 6 heteroatoms. The molecular weight excluding hydrogens is 284 g/mol. The van der Waals surface area contributed by atoms with Crippen LogP contribution in [0, 0.1) is 0 Å². The van der Waals surface area contributed by atoms with Gasteiger partial charge in [-0.2, -0.15) is 0 Å². The molecule has 2 fully saturated rings. The number of esters is 2. The molecule has 0 aromatic rings. The standard InChI is InChI=1S/C16H28N2O4/c19-15(21-13-11-17-7-1-2-8-17)5-6-16(20)22-14-12-18-9-3-4-10-18/h1-14H2. The Morgan fingerprint density at radius 1 is 0.682 bits per heavy atom. The topological polar surface area (TPSA) is 59.1 Å². The summed E-state index contributed by atoms with van der Waals surface area (Å²) in [5.41, 5.74) is 0. The maximum atomic E-state index is 11.5. The Morgan fingerprint density at radius 2 is 1.05 bits per heavy atom. The number of carbonyl (C=O) groups is 2. The zero-order chi connectivity index (χ0) is 15.6. The maximum absolute atomic E-state index is 11.5. The quantitative estimate of drug-likeness (QED) is 0.593. The van der Waals surface area contributed by atoms with E-state index in [0.29, 0.717) is 13.2 Å². The number of ether oxygens (including phenoxy) is 2. The van der Waals surface area contributed by atoms with Gasteiger partial charge in [-0.3, -0.25) is 19.4 Å². The van der Waals surface area contributed by atoms with Crippen LogP contribution in [-0.4, -0.2) is 74.2 Å². The minimum atomic E-state index is -0.310. The van der Waals surface area contributed by atoms with Crippen LogP contribution in [-0.2, 0) is 19.1 Å².